The lowest BCUT2D eigenvalue weighted by molar-refractivity contribution is -0.114. The Labute approximate surface area is 94.8 Å². The zero-order valence-corrected chi connectivity index (χ0v) is 9.29. The van der Waals surface area contributed by atoms with Crippen molar-refractivity contribution >= 4 is 17.4 Å². The molecule has 0 saturated heterocycles. The summed E-state index contributed by atoms with van der Waals surface area (Å²) < 4.78 is 0. The number of amidine groups is 1. The van der Waals surface area contributed by atoms with Gasteiger partial charge in [-0.3, -0.25) is 9.79 Å². The van der Waals surface area contributed by atoms with Crippen LogP contribution in [0.2, 0.25) is 0 Å². The van der Waals surface area contributed by atoms with E-state index in [1.165, 1.54) is 12.5 Å². The number of aliphatic imine (C=N–C) groups is 1. The van der Waals surface area contributed by atoms with Crippen LogP contribution in [0.4, 0.5) is 5.69 Å². The molecule has 1 aliphatic heterocycles. The highest BCUT2D eigenvalue weighted by Crippen LogP contribution is 2.10. The summed E-state index contributed by atoms with van der Waals surface area (Å²) in [5.74, 6) is 1.00. The van der Waals surface area contributed by atoms with Crippen molar-refractivity contribution in [1.82, 2.24) is 5.32 Å². The molecule has 0 bridgehead atoms. The monoisotopic (exact) mass is 217 g/mol. The van der Waals surface area contributed by atoms with E-state index in [1.54, 1.807) is 0 Å². The molecular weight excluding hydrogens is 202 g/mol. The Bertz CT molecular complexity index is 409. The Morgan fingerprint density at radius 3 is 2.75 bits per heavy atom. The highest BCUT2D eigenvalue weighted by molar-refractivity contribution is 5.89. The van der Waals surface area contributed by atoms with E-state index in [2.05, 4.69) is 15.6 Å². The molecule has 0 spiro atoms. The molecule has 1 aliphatic rings. The molecule has 1 heterocycles. The van der Waals surface area contributed by atoms with Gasteiger partial charge in [0.2, 0.25) is 5.91 Å². The van der Waals surface area contributed by atoms with E-state index < -0.39 is 0 Å². The van der Waals surface area contributed by atoms with Crippen LogP contribution < -0.4 is 10.6 Å². The highest BCUT2D eigenvalue weighted by Gasteiger charge is 2.05. The van der Waals surface area contributed by atoms with E-state index in [0.29, 0.717) is 0 Å². The summed E-state index contributed by atoms with van der Waals surface area (Å²) in [6.45, 7) is 3.32. The minimum absolute atomic E-state index is 0.0467. The number of amides is 1. The molecule has 0 unspecified atom stereocenters. The normalized spacial score (nSPS) is 14.2. The van der Waals surface area contributed by atoms with Gasteiger partial charge in [-0.05, 0) is 17.7 Å². The predicted octanol–water partition coefficient (Wildman–Crippen LogP) is 1.19. The maximum absolute atomic E-state index is 10.8. The van der Waals surface area contributed by atoms with Gasteiger partial charge in [0.05, 0.1) is 6.54 Å². The molecule has 0 radical (unpaired) electrons. The Balaban J connectivity index is 1.98. The summed E-state index contributed by atoms with van der Waals surface area (Å²) in [4.78, 5) is 15.2. The van der Waals surface area contributed by atoms with Gasteiger partial charge in [-0.1, -0.05) is 12.1 Å². The maximum atomic E-state index is 10.8. The van der Waals surface area contributed by atoms with Crippen LogP contribution in [0.5, 0.6) is 0 Å². The number of carbonyl (C=O) groups is 1. The third kappa shape index (κ3) is 2.82. The molecule has 4 nitrogen and oxygen atoms in total. The van der Waals surface area contributed by atoms with Gasteiger partial charge >= 0.3 is 0 Å². The van der Waals surface area contributed by atoms with Gasteiger partial charge in [0, 0.05) is 25.6 Å². The van der Waals surface area contributed by atoms with Gasteiger partial charge in [-0.25, -0.2) is 0 Å². The van der Waals surface area contributed by atoms with Crippen LogP contribution in [-0.2, 0) is 11.2 Å². The lowest BCUT2D eigenvalue weighted by atomic mass is 10.1. The minimum atomic E-state index is -0.0467. The molecule has 2 rings (SSSR count). The molecule has 4 heteroatoms. The van der Waals surface area contributed by atoms with Gasteiger partial charge in [0.15, 0.2) is 0 Å². The van der Waals surface area contributed by atoms with Crippen molar-refractivity contribution in [2.75, 3.05) is 18.4 Å². The Hall–Kier alpha value is -1.84. The summed E-state index contributed by atoms with van der Waals surface area (Å²) in [6.07, 6.45) is 0.834. The molecule has 0 aliphatic carbocycles. The summed E-state index contributed by atoms with van der Waals surface area (Å²) in [6, 6.07) is 7.83. The van der Waals surface area contributed by atoms with Gasteiger partial charge in [0.1, 0.15) is 5.84 Å². The number of carbonyl (C=O) groups excluding carboxylic acids is 1. The zero-order valence-electron chi connectivity index (χ0n) is 9.29. The van der Waals surface area contributed by atoms with Crippen molar-refractivity contribution in [2.45, 2.75) is 13.3 Å². The van der Waals surface area contributed by atoms with E-state index in [9.17, 15) is 4.79 Å². The fourth-order valence-electron chi connectivity index (χ4n) is 1.67. The van der Waals surface area contributed by atoms with Gasteiger partial charge in [-0.15, -0.1) is 0 Å². The van der Waals surface area contributed by atoms with Gasteiger partial charge in [-0.2, -0.15) is 0 Å². The van der Waals surface area contributed by atoms with Crippen molar-refractivity contribution in [3.8, 4) is 0 Å². The average Bonchev–Trinajstić information content (AvgIpc) is 2.73. The molecule has 1 aromatic carbocycles. The lowest BCUT2D eigenvalue weighted by Crippen LogP contribution is -2.20. The molecule has 0 aromatic heterocycles. The quantitative estimate of drug-likeness (QED) is 0.799. The molecule has 2 N–H and O–H groups in total. The van der Waals surface area contributed by atoms with Crippen molar-refractivity contribution < 1.29 is 4.79 Å². The van der Waals surface area contributed by atoms with Crippen LogP contribution in [0.3, 0.4) is 0 Å². The number of hydrogen-bond acceptors (Lipinski definition) is 3. The molecule has 0 saturated carbocycles. The van der Waals surface area contributed by atoms with E-state index in [4.69, 9.17) is 0 Å². The number of nitrogens with one attached hydrogen (secondary N) is 2. The number of anilines is 1. The minimum Gasteiger partial charge on any atom is -0.372 e. The SMILES string of the molecule is CC(=O)Nc1ccc(CC2=NCCN2)cc1. The average molecular weight is 217 g/mol. The van der Waals surface area contributed by atoms with Gasteiger partial charge < -0.3 is 10.6 Å². The van der Waals surface area contributed by atoms with Gasteiger partial charge in [0.25, 0.3) is 0 Å². The standard InChI is InChI=1S/C12H15N3O/c1-9(16)15-11-4-2-10(3-5-11)8-12-13-6-7-14-12/h2-5H,6-8H2,1H3,(H,13,14)(H,15,16). The first kappa shape index (κ1) is 10.7. The van der Waals surface area contributed by atoms with Crippen LogP contribution in [0.15, 0.2) is 29.3 Å². The largest absolute Gasteiger partial charge is 0.372 e. The van der Waals surface area contributed by atoms with Crippen LogP contribution in [-0.4, -0.2) is 24.8 Å². The van der Waals surface area contributed by atoms with Crippen LogP contribution in [0.1, 0.15) is 12.5 Å². The number of nitrogens with zero attached hydrogens (tertiary/aromatic N) is 1. The van der Waals surface area contributed by atoms with Crippen LogP contribution in [0, 0.1) is 0 Å². The van der Waals surface area contributed by atoms with Crippen LogP contribution in [0.25, 0.3) is 0 Å². The lowest BCUT2D eigenvalue weighted by Gasteiger charge is -2.05. The summed E-state index contributed by atoms with van der Waals surface area (Å²) in [5.41, 5.74) is 2.03. The summed E-state index contributed by atoms with van der Waals surface area (Å²) in [5, 5.41) is 5.97. The third-order valence-corrected chi connectivity index (χ3v) is 2.39. The first-order chi connectivity index (χ1) is 7.74. The molecular formula is C12H15N3O. The molecule has 84 valence electrons. The molecule has 16 heavy (non-hydrogen) atoms. The zero-order chi connectivity index (χ0) is 11.4. The molecule has 1 aromatic rings. The molecule has 0 atom stereocenters. The fourth-order valence-corrected chi connectivity index (χ4v) is 1.67. The molecule has 0 fully saturated rings. The van der Waals surface area contributed by atoms with Crippen molar-refractivity contribution in [3.05, 3.63) is 29.8 Å². The number of hydrogen-bond donors (Lipinski definition) is 2. The van der Waals surface area contributed by atoms with E-state index in [-0.39, 0.29) is 5.91 Å². The Morgan fingerprint density at radius 1 is 1.44 bits per heavy atom. The van der Waals surface area contributed by atoms with E-state index >= 15 is 0 Å². The third-order valence-electron chi connectivity index (χ3n) is 2.39. The topological polar surface area (TPSA) is 53.5 Å². The highest BCUT2D eigenvalue weighted by atomic mass is 16.1. The molecule has 1 amide bonds. The fraction of sp³-hybridized carbons (Fsp3) is 0.333. The van der Waals surface area contributed by atoms with E-state index in [0.717, 1.165) is 31.0 Å². The van der Waals surface area contributed by atoms with Crippen molar-refractivity contribution in [1.29, 1.82) is 0 Å². The number of rotatable bonds is 3. The maximum Gasteiger partial charge on any atom is 0.221 e. The second kappa shape index (κ2) is 4.79. The first-order valence-electron chi connectivity index (χ1n) is 5.38. The number of benzene rings is 1. The Kier molecular flexibility index (Phi) is 3.19. The summed E-state index contributed by atoms with van der Waals surface area (Å²) >= 11 is 0. The predicted molar refractivity (Wildman–Crippen MR) is 64.8 cm³/mol. The Morgan fingerprint density at radius 2 is 2.19 bits per heavy atom. The second-order valence-corrected chi connectivity index (χ2v) is 3.81. The first-order valence-corrected chi connectivity index (χ1v) is 5.38. The smallest absolute Gasteiger partial charge is 0.221 e. The second-order valence-electron chi connectivity index (χ2n) is 3.81. The van der Waals surface area contributed by atoms with Crippen LogP contribution >= 0.6 is 0 Å². The van der Waals surface area contributed by atoms with Crippen molar-refractivity contribution in [3.63, 3.8) is 0 Å². The van der Waals surface area contributed by atoms with E-state index in [1.807, 2.05) is 24.3 Å². The summed E-state index contributed by atoms with van der Waals surface area (Å²) in [7, 11) is 0. The van der Waals surface area contributed by atoms with Crippen molar-refractivity contribution in [2.24, 2.45) is 4.99 Å².